The van der Waals surface area contributed by atoms with Gasteiger partial charge in [0.05, 0.1) is 22.6 Å². The Labute approximate surface area is 195 Å². The monoisotopic (exact) mass is 486 g/mol. The molecule has 0 radical (unpaired) electrons. The molecule has 4 heterocycles. The average molecular weight is 487 g/mol. The van der Waals surface area contributed by atoms with E-state index in [1.807, 2.05) is 0 Å². The maximum Gasteiger partial charge on any atom is 0.573 e. The molecule has 0 aliphatic carbocycles. The van der Waals surface area contributed by atoms with E-state index in [-0.39, 0.29) is 23.2 Å². The summed E-state index contributed by atoms with van der Waals surface area (Å²) in [7, 11) is 0. The second-order valence-electron chi connectivity index (χ2n) is 7.36. The van der Waals surface area contributed by atoms with Gasteiger partial charge in [-0.3, -0.25) is 9.78 Å². The Morgan fingerprint density at radius 3 is 2.68 bits per heavy atom. The Morgan fingerprint density at radius 2 is 1.94 bits per heavy atom. The summed E-state index contributed by atoms with van der Waals surface area (Å²) in [6.07, 6.45) is -1.76. The van der Waals surface area contributed by atoms with Gasteiger partial charge in [-0.2, -0.15) is 5.10 Å². The molecule has 0 atom stereocenters. The molecule has 8 nitrogen and oxygen atoms in total. The van der Waals surface area contributed by atoms with E-state index < -0.39 is 12.1 Å². The molecule has 0 spiro atoms. The molecule has 0 saturated carbocycles. The molecule has 0 unspecified atom stereocenters. The van der Waals surface area contributed by atoms with Gasteiger partial charge in [0.1, 0.15) is 28.7 Å². The van der Waals surface area contributed by atoms with Crippen molar-refractivity contribution in [3.8, 4) is 34.1 Å². The number of hydrogen-bond acceptors (Lipinski definition) is 6. The first-order valence-electron chi connectivity index (χ1n) is 9.92. The maximum atomic E-state index is 12.9. The lowest BCUT2D eigenvalue weighted by molar-refractivity contribution is -0.274. The fraction of sp³-hybridized carbons (Fsp3) is 0.136. The normalized spacial score (nSPS) is 13.0. The molecule has 12 heteroatoms. The van der Waals surface area contributed by atoms with Crippen LogP contribution in [0.5, 0.6) is 5.75 Å². The summed E-state index contributed by atoms with van der Waals surface area (Å²) in [4.78, 5) is 24.9. The molecule has 1 amide bonds. The van der Waals surface area contributed by atoms with E-state index in [9.17, 15) is 18.0 Å². The van der Waals surface area contributed by atoms with E-state index in [2.05, 4.69) is 30.1 Å². The lowest BCUT2D eigenvalue weighted by Crippen LogP contribution is -2.17. The predicted octanol–water partition coefficient (Wildman–Crippen LogP) is 4.50. The Morgan fingerprint density at radius 1 is 1.15 bits per heavy atom. The average Bonchev–Trinajstić information content (AvgIpc) is 3.39. The Bertz CT molecular complexity index is 1420. The number of nitrogens with one attached hydrogen (secondary N) is 1. The van der Waals surface area contributed by atoms with Crippen molar-refractivity contribution in [2.75, 3.05) is 0 Å². The summed E-state index contributed by atoms with van der Waals surface area (Å²) in [5, 5.41) is 7.18. The quantitative estimate of drug-likeness (QED) is 0.456. The number of carbonyl (C=O) groups excluding carboxylic acids is 1. The summed E-state index contributed by atoms with van der Waals surface area (Å²) in [5.41, 5.74) is 3.09. The van der Waals surface area contributed by atoms with Gasteiger partial charge in [0.15, 0.2) is 0 Å². The first-order valence-corrected chi connectivity index (χ1v) is 10.3. The fourth-order valence-electron chi connectivity index (χ4n) is 3.66. The highest BCUT2D eigenvalue weighted by Crippen LogP contribution is 2.37. The Hall–Kier alpha value is -3.99. The highest BCUT2D eigenvalue weighted by molar-refractivity contribution is 6.32. The van der Waals surface area contributed by atoms with Crippen molar-refractivity contribution in [2.24, 2.45) is 0 Å². The van der Waals surface area contributed by atoms with Crippen LogP contribution in [0.2, 0.25) is 5.02 Å². The smallest absolute Gasteiger partial charge is 0.404 e. The highest BCUT2D eigenvalue weighted by Gasteiger charge is 2.32. The molecule has 4 aromatic rings. The van der Waals surface area contributed by atoms with Gasteiger partial charge < -0.3 is 10.1 Å². The lowest BCUT2D eigenvalue weighted by atomic mass is 10.1. The maximum absolute atomic E-state index is 12.9. The van der Waals surface area contributed by atoms with Gasteiger partial charge in [0.25, 0.3) is 5.91 Å². The fourth-order valence-corrected chi connectivity index (χ4v) is 3.82. The van der Waals surface area contributed by atoms with Crippen molar-refractivity contribution in [1.29, 1.82) is 0 Å². The summed E-state index contributed by atoms with van der Waals surface area (Å²) in [6, 6.07) is 9.17. The standard InChI is InChI=1S/C22H14ClF3N6O2/c1-11-29-19(14-10-28-21(33)20(14)30-11)16-8-17(32(31-16)13-3-2-6-27-9-13)12-4-5-15(23)18(7-12)34-22(24,25)26/h2-9H,10H2,1H3,(H,28,33). The molecule has 1 N–H and O–H groups in total. The number of nitrogens with zero attached hydrogens (tertiary/aromatic N) is 5. The van der Waals surface area contributed by atoms with E-state index in [1.165, 1.54) is 16.8 Å². The number of rotatable bonds is 4. The number of ether oxygens (including phenoxy) is 1. The number of hydrogen-bond donors (Lipinski definition) is 1. The molecule has 1 aromatic carbocycles. The van der Waals surface area contributed by atoms with E-state index >= 15 is 0 Å². The van der Waals surface area contributed by atoms with Crippen LogP contribution in [0, 0.1) is 6.92 Å². The first-order chi connectivity index (χ1) is 16.2. The van der Waals surface area contributed by atoms with Crippen LogP contribution in [-0.4, -0.2) is 37.0 Å². The number of aryl methyl sites for hydroxylation is 1. The molecule has 0 bridgehead atoms. The van der Waals surface area contributed by atoms with Crippen molar-refractivity contribution in [3.05, 3.63) is 70.9 Å². The van der Waals surface area contributed by atoms with Crippen molar-refractivity contribution >= 4 is 17.5 Å². The first kappa shape index (κ1) is 21.8. The van der Waals surface area contributed by atoms with Crippen LogP contribution >= 0.6 is 11.6 Å². The van der Waals surface area contributed by atoms with Gasteiger partial charge in [-0.25, -0.2) is 14.6 Å². The lowest BCUT2D eigenvalue weighted by Gasteiger charge is -2.12. The van der Waals surface area contributed by atoms with E-state index in [4.69, 9.17) is 11.6 Å². The van der Waals surface area contributed by atoms with Crippen molar-refractivity contribution in [1.82, 2.24) is 30.0 Å². The topological polar surface area (TPSA) is 94.8 Å². The Kier molecular flexibility index (Phi) is 5.20. The third-order valence-corrected chi connectivity index (χ3v) is 5.37. The van der Waals surface area contributed by atoms with Crippen LogP contribution in [0.4, 0.5) is 13.2 Å². The zero-order chi connectivity index (χ0) is 24.0. The number of halogens is 4. The third-order valence-electron chi connectivity index (χ3n) is 5.05. The number of pyridine rings is 1. The molecular formula is C22H14ClF3N6O2. The van der Waals surface area contributed by atoms with E-state index in [0.29, 0.717) is 39.7 Å². The molecule has 34 heavy (non-hydrogen) atoms. The largest absolute Gasteiger partial charge is 0.573 e. The second-order valence-corrected chi connectivity index (χ2v) is 7.77. The number of benzene rings is 1. The van der Waals surface area contributed by atoms with E-state index in [1.54, 1.807) is 43.6 Å². The van der Waals surface area contributed by atoms with Crippen LogP contribution < -0.4 is 10.1 Å². The SMILES string of the molecule is Cc1nc2c(c(-c3cc(-c4ccc(Cl)c(OC(F)(F)F)c4)n(-c4cccnc4)n3)n1)CNC2=O. The third kappa shape index (κ3) is 4.05. The summed E-state index contributed by atoms with van der Waals surface area (Å²) >= 11 is 5.93. The Balaban J connectivity index is 1.70. The minimum Gasteiger partial charge on any atom is -0.404 e. The molecule has 172 valence electrons. The van der Waals surface area contributed by atoms with Gasteiger partial charge in [-0.1, -0.05) is 17.7 Å². The van der Waals surface area contributed by atoms with Crippen LogP contribution in [0.25, 0.3) is 28.3 Å². The molecular weight excluding hydrogens is 473 g/mol. The van der Waals surface area contributed by atoms with Gasteiger partial charge >= 0.3 is 6.36 Å². The summed E-state index contributed by atoms with van der Waals surface area (Å²) in [6.45, 7) is 1.90. The molecule has 0 fully saturated rings. The van der Waals surface area contributed by atoms with Gasteiger partial charge in [0, 0.05) is 23.9 Å². The predicted molar refractivity (Wildman–Crippen MR) is 115 cm³/mol. The van der Waals surface area contributed by atoms with E-state index in [0.717, 1.165) is 0 Å². The van der Waals surface area contributed by atoms with Gasteiger partial charge in [-0.05, 0) is 37.3 Å². The number of aromatic nitrogens is 5. The highest BCUT2D eigenvalue weighted by atomic mass is 35.5. The second kappa shape index (κ2) is 8.10. The van der Waals surface area contributed by atoms with Gasteiger partial charge in [-0.15, -0.1) is 13.2 Å². The molecule has 1 aliphatic heterocycles. The zero-order valence-corrected chi connectivity index (χ0v) is 18.1. The van der Waals surface area contributed by atoms with Crippen molar-refractivity contribution < 1.29 is 22.7 Å². The molecule has 0 saturated heterocycles. The van der Waals surface area contributed by atoms with Crippen LogP contribution in [0.3, 0.4) is 0 Å². The minimum absolute atomic E-state index is 0.192. The van der Waals surface area contributed by atoms with Gasteiger partial charge in [0.2, 0.25) is 0 Å². The van der Waals surface area contributed by atoms with Crippen molar-refractivity contribution in [2.45, 2.75) is 19.8 Å². The molecule has 3 aromatic heterocycles. The number of amides is 1. The minimum atomic E-state index is -4.91. The number of alkyl halides is 3. The van der Waals surface area contributed by atoms with Crippen LogP contribution in [-0.2, 0) is 6.54 Å². The molecule has 5 rings (SSSR count). The van der Waals surface area contributed by atoms with Crippen LogP contribution in [0.1, 0.15) is 21.9 Å². The number of fused-ring (bicyclic) bond motifs is 1. The summed E-state index contributed by atoms with van der Waals surface area (Å²) in [5.74, 6) is -0.461. The molecule has 1 aliphatic rings. The van der Waals surface area contributed by atoms with Crippen LogP contribution in [0.15, 0.2) is 48.8 Å². The zero-order valence-electron chi connectivity index (χ0n) is 17.4. The van der Waals surface area contributed by atoms with Crippen molar-refractivity contribution in [3.63, 3.8) is 0 Å². The number of carbonyl (C=O) groups is 1. The summed E-state index contributed by atoms with van der Waals surface area (Å²) < 4.78 is 44.2.